The van der Waals surface area contributed by atoms with Crippen LogP contribution in [0.15, 0.2) is 18.2 Å². The van der Waals surface area contributed by atoms with Crippen molar-refractivity contribution in [2.45, 2.75) is 65.0 Å². The molecule has 1 aliphatic carbocycles. The van der Waals surface area contributed by atoms with Gasteiger partial charge in [-0.25, -0.2) is 4.79 Å². The Bertz CT molecular complexity index is 689. The van der Waals surface area contributed by atoms with Crippen molar-refractivity contribution in [1.29, 1.82) is 0 Å². The van der Waals surface area contributed by atoms with Crippen LogP contribution in [0.1, 0.15) is 53.4 Å². The van der Waals surface area contributed by atoms with Gasteiger partial charge >= 0.3 is 6.09 Å². The molecular weight excluding hydrogens is 368 g/mol. The summed E-state index contributed by atoms with van der Waals surface area (Å²) in [5.41, 5.74) is 0.561. The molecule has 2 fully saturated rings. The number of piperidine rings is 1. The summed E-state index contributed by atoms with van der Waals surface area (Å²) in [7, 11) is 1.68. The molecule has 1 saturated carbocycles. The zero-order valence-electron chi connectivity index (χ0n) is 18.5. The fourth-order valence-corrected chi connectivity index (χ4v) is 3.64. The number of carbonyl (C=O) groups is 1. The lowest BCUT2D eigenvalue weighted by atomic mass is 9.90. The van der Waals surface area contributed by atoms with Crippen LogP contribution in [0.4, 0.5) is 10.5 Å². The number of anilines is 1. The van der Waals surface area contributed by atoms with Crippen molar-refractivity contribution < 1.29 is 19.0 Å². The quantitative estimate of drug-likeness (QED) is 0.698. The van der Waals surface area contributed by atoms with E-state index in [2.05, 4.69) is 18.3 Å². The Morgan fingerprint density at radius 1 is 1.14 bits per heavy atom. The number of nitrogens with one attached hydrogen (secondary N) is 1. The molecule has 0 aromatic heterocycles. The van der Waals surface area contributed by atoms with E-state index >= 15 is 0 Å². The Labute approximate surface area is 174 Å². The van der Waals surface area contributed by atoms with Crippen LogP contribution >= 0.6 is 0 Å². The van der Waals surface area contributed by atoms with E-state index in [4.69, 9.17) is 14.2 Å². The van der Waals surface area contributed by atoms with E-state index < -0.39 is 5.60 Å². The predicted octanol–water partition coefficient (Wildman–Crippen LogP) is 4.93. The van der Waals surface area contributed by atoms with Crippen LogP contribution in [0.2, 0.25) is 0 Å². The first kappa shape index (κ1) is 21.6. The number of methoxy groups -OCH3 is 1. The van der Waals surface area contributed by atoms with Gasteiger partial charge in [0.1, 0.15) is 17.1 Å². The third kappa shape index (κ3) is 6.72. The molecule has 162 valence electrons. The SMILES string of the molecule is COc1cc(NC(C)C2CCN(C(=O)OC(C)(C)C)CC2)cc(OCC2CC2)c1. The lowest BCUT2D eigenvalue weighted by Crippen LogP contribution is -2.44. The maximum absolute atomic E-state index is 12.3. The lowest BCUT2D eigenvalue weighted by molar-refractivity contribution is 0.0179. The monoisotopic (exact) mass is 404 g/mol. The lowest BCUT2D eigenvalue weighted by Gasteiger charge is -2.36. The second-order valence-corrected chi connectivity index (χ2v) is 9.39. The van der Waals surface area contributed by atoms with E-state index in [-0.39, 0.29) is 6.09 Å². The predicted molar refractivity (Wildman–Crippen MR) is 115 cm³/mol. The number of ether oxygens (including phenoxy) is 3. The van der Waals surface area contributed by atoms with Crippen molar-refractivity contribution in [3.8, 4) is 11.5 Å². The van der Waals surface area contributed by atoms with Crippen LogP contribution in [-0.2, 0) is 4.74 Å². The van der Waals surface area contributed by atoms with Crippen LogP contribution < -0.4 is 14.8 Å². The molecule has 1 heterocycles. The molecule has 3 rings (SSSR count). The fraction of sp³-hybridized carbons (Fsp3) is 0.696. The largest absolute Gasteiger partial charge is 0.497 e. The van der Waals surface area contributed by atoms with Crippen LogP contribution in [-0.4, -0.2) is 49.4 Å². The standard InChI is InChI=1S/C23H36N2O4/c1-16(18-8-10-25(11-9-18)22(26)29-23(2,3)4)24-19-12-20(27-5)14-21(13-19)28-15-17-6-7-17/h12-14,16-18,24H,6-11,15H2,1-5H3. The summed E-state index contributed by atoms with van der Waals surface area (Å²) >= 11 is 0. The maximum atomic E-state index is 12.3. The highest BCUT2D eigenvalue weighted by molar-refractivity contribution is 5.68. The minimum absolute atomic E-state index is 0.207. The Morgan fingerprint density at radius 3 is 2.38 bits per heavy atom. The molecular formula is C23H36N2O4. The molecule has 1 N–H and O–H groups in total. The van der Waals surface area contributed by atoms with Crippen LogP contribution in [0, 0.1) is 11.8 Å². The summed E-state index contributed by atoms with van der Waals surface area (Å²) in [6, 6.07) is 6.30. The molecule has 6 nitrogen and oxygen atoms in total. The van der Waals surface area contributed by atoms with E-state index in [0.29, 0.717) is 17.9 Å². The fourth-order valence-electron chi connectivity index (χ4n) is 3.64. The second-order valence-electron chi connectivity index (χ2n) is 9.39. The number of nitrogens with zero attached hydrogens (tertiary/aromatic N) is 1. The van der Waals surface area contributed by atoms with E-state index in [1.807, 2.05) is 37.8 Å². The number of rotatable bonds is 7. The van der Waals surface area contributed by atoms with Gasteiger partial charge in [-0.05, 0) is 65.2 Å². The van der Waals surface area contributed by atoms with Crippen LogP contribution in [0.3, 0.4) is 0 Å². The Kier molecular flexibility index (Phi) is 6.81. The summed E-state index contributed by atoms with van der Waals surface area (Å²) in [5, 5.41) is 3.62. The third-order valence-electron chi connectivity index (χ3n) is 5.59. The Balaban J connectivity index is 1.53. The van der Waals surface area contributed by atoms with Gasteiger partial charge in [0.15, 0.2) is 0 Å². The molecule has 1 aliphatic heterocycles. The molecule has 1 aromatic rings. The number of carbonyl (C=O) groups excluding carboxylic acids is 1. The molecule has 1 unspecified atom stereocenters. The molecule has 2 aliphatic rings. The second kappa shape index (κ2) is 9.14. The summed E-state index contributed by atoms with van der Waals surface area (Å²) < 4.78 is 16.9. The van der Waals surface area contributed by atoms with Crippen molar-refractivity contribution >= 4 is 11.8 Å². The van der Waals surface area contributed by atoms with Crippen molar-refractivity contribution in [2.75, 3.05) is 32.1 Å². The van der Waals surface area contributed by atoms with E-state index in [1.165, 1.54) is 12.8 Å². The van der Waals surface area contributed by atoms with Crippen molar-refractivity contribution in [2.24, 2.45) is 11.8 Å². The number of benzene rings is 1. The van der Waals surface area contributed by atoms with Crippen LogP contribution in [0.25, 0.3) is 0 Å². The summed E-state index contributed by atoms with van der Waals surface area (Å²) in [5.74, 6) is 2.86. The minimum atomic E-state index is -0.450. The number of hydrogen-bond donors (Lipinski definition) is 1. The minimum Gasteiger partial charge on any atom is -0.497 e. The molecule has 1 aromatic carbocycles. The Hall–Kier alpha value is -2.11. The molecule has 0 spiro atoms. The number of hydrogen-bond acceptors (Lipinski definition) is 5. The Morgan fingerprint density at radius 2 is 1.79 bits per heavy atom. The smallest absolute Gasteiger partial charge is 0.410 e. The molecule has 0 bridgehead atoms. The number of likely N-dealkylation sites (tertiary alicyclic amines) is 1. The van der Waals surface area contributed by atoms with Gasteiger partial charge in [0.2, 0.25) is 0 Å². The van der Waals surface area contributed by atoms with Crippen molar-refractivity contribution in [3.63, 3.8) is 0 Å². The molecule has 29 heavy (non-hydrogen) atoms. The van der Waals surface area contributed by atoms with Gasteiger partial charge in [-0.2, -0.15) is 0 Å². The summed E-state index contributed by atoms with van der Waals surface area (Å²) in [4.78, 5) is 14.1. The van der Waals surface area contributed by atoms with Crippen LogP contribution in [0.5, 0.6) is 11.5 Å². The van der Waals surface area contributed by atoms with Gasteiger partial charge in [-0.1, -0.05) is 0 Å². The van der Waals surface area contributed by atoms with Gasteiger partial charge in [-0.15, -0.1) is 0 Å². The maximum Gasteiger partial charge on any atom is 0.410 e. The van der Waals surface area contributed by atoms with Gasteiger partial charge in [-0.3, -0.25) is 0 Å². The number of amides is 1. The molecule has 1 atom stereocenters. The third-order valence-corrected chi connectivity index (χ3v) is 5.59. The van der Waals surface area contributed by atoms with Gasteiger partial charge in [0.25, 0.3) is 0 Å². The van der Waals surface area contributed by atoms with Gasteiger partial charge in [0.05, 0.1) is 13.7 Å². The van der Waals surface area contributed by atoms with Crippen molar-refractivity contribution in [3.05, 3.63) is 18.2 Å². The first-order chi connectivity index (χ1) is 13.7. The molecule has 0 radical (unpaired) electrons. The first-order valence-electron chi connectivity index (χ1n) is 10.8. The topological polar surface area (TPSA) is 60.0 Å². The summed E-state index contributed by atoms with van der Waals surface area (Å²) in [6.07, 6.45) is 4.26. The van der Waals surface area contributed by atoms with Gasteiger partial charge in [0, 0.05) is 43.0 Å². The average Bonchev–Trinajstić information content (AvgIpc) is 3.49. The normalized spacial score (nSPS) is 18.9. The molecule has 6 heteroatoms. The highest BCUT2D eigenvalue weighted by Crippen LogP contribution is 2.32. The van der Waals surface area contributed by atoms with E-state index in [0.717, 1.165) is 49.7 Å². The molecule has 1 saturated heterocycles. The average molecular weight is 405 g/mol. The van der Waals surface area contributed by atoms with E-state index in [9.17, 15) is 4.79 Å². The first-order valence-corrected chi connectivity index (χ1v) is 10.8. The highest BCUT2D eigenvalue weighted by atomic mass is 16.6. The zero-order chi connectivity index (χ0) is 21.0. The van der Waals surface area contributed by atoms with Gasteiger partial charge < -0.3 is 24.4 Å². The van der Waals surface area contributed by atoms with E-state index in [1.54, 1.807) is 7.11 Å². The summed E-state index contributed by atoms with van der Waals surface area (Å²) in [6.45, 7) is 10.2. The molecule has 1 amide bonds. The zero-order valence-corrected chi connectivity index (χ0v) is 18.5. The highest BCUT2D eigenvalue weighted by Gasteiger charge is 2.29. The van der Waals surface area contributed by atoms with Crippen molar-refractivity contribution in [1.82, 2.24) is 4.90 Å².